The zero-order valence-electron chi connectivity index (χ0n) is 8.22. The molecule has 0 aromatic carbocycles. The molecule has 0 fully saturated rings. The highest BCUT2D eigenvalue weighted by Gasteiger charge is 2.12. The van der Waals surface area contributed by atoms with Crippen LogP contribution in [0.5, 0.6) is 0 Å². The molecule has 0 aliphatic heterocycles. The number of rotatable bonds is 2. The largest absolute Gasteiger partial charge is 0.391 e. The lowest BCUT2D eigenvalue weighted by Gasteiger charge is -2.08. The quantitative estimate of drug-likeness (QED) is 0.745. The predicted molar refractivity (Wildman–Crippen MR) is 56.9 cm³/mol. The summed E-state index contributed by atoms with van der Waals surface area (Å²) >= 11 is 1.73. The van der Waals surface area contributed by atoms with E-state index >= 15 is 0 Å². The molecule has 1 rings (SSSR count). The van der Waals surface area contributed by atoms with Gasteiger partial charge in [0.1, 0.15) is 0 Å². The zero-order valence-corrected chi connectivity index (χ0v) is 9.03. The molecular weight excluding hydrogens is 166 g/mol. The summed E-state index contributed by atoms with van der Waals surface area (Å²) in [5.41, 5.74) is 7.20. The van der Waals surface area contributed by atoms with E-state index in [4.69, 9.17) is 5.73 Å². The molecule has 1 aromatic heterocycles. The molecule has 0 atom stereocenters. The monoisotopic (exact) mass is 183 g/mol. The molecule has 0 saturated heterocycles. The van der Waals surface area contributed by atoms with Gasteiger partial charge in [0.2, 0.25) is 0 Å². The minimum Gasteiger partial charge on any atom is -0.391 e. The minimum absolute atomic E-state index is 0.593. The Labute approximate surface area is 78.6 Å². The number of nitrogen functional groups attached to an aromatic ring is 1. The molecule has 0 bridgehead atoms. The Morgan fingerprint density at radius 2 is 1.75 bits per heavy atom. The second-order valence-electron chi connectivity index (χ2n) is 3.78. The lowest BCUT2D eigenvalue weighted by molar-refractivity contribution is 0.810. The van der Waals surface area contributed by atoms with E-state index in [2.05, 4.69) is 33.8 Å². The number of anilines is 1. The Morgan fingerprint density at radius 1 is 1.17 bits per heavy atom. The van der Waals surface area contributed by atoms with Crippen LogP contribution in [0.3, 0.4) is 0 Å². The fourth-order valence-electron chi connectivity index (χ4n) is 1.34. The highest BCUT2D eigenvalue weighted by Crippen LogP contribution is 2.35. The Balaban J connectivity index is 3.08. The molecule has 1 heterocycles. The molecule has 68 valence electrons. The highest BCUT2D eigenvalue weighted by molar-refractivity contribution is 7.16. The van der Waals surface area contributed by atoms with E-state index in [1.165, 1.54) is 10.4 Å². The van der Waals surface area contributed by atoms with Crippen LogP contribution in [0.4, 0.5) is 5.00 Å². The second kappa shape index (κ2) is 3.48. The summed E-state index contributed by atoms with van der Waals surface area (Å²) in [6.45, 7) is 8.87. The van der Waals surface area contributed by atoms with E-state index in [0.717, 1.165) is 5.00 Å². The van der Waals surface area contributed by atoms with E-state index in [9.17, 15) is 0 Å². The van der Waals surface area contributed by atoms with Crippen molar-refractivity contribution in [2.75, 3.05) is 5.73 Å². The van der Waals surface area contributed by atoms with Crippen molar-refractivity contribution in [3.05, 3.63) is 16.5 Å². The molecule has 1 nitrogen and oxygen atoms in total. The first-order chi connectivity index (χ1) is 5.52. The van der Waals surface area contributed by atoms with Crippen molar-refractivity contribution in [3.63, 3.8) is 0 Å². The first-order valence-corrected chi connectivity index (χ1v) is 5.23. The van der Waals surface area contributed by atoms with Crippen LogP contribution >= 0.6 is 11.3 Å². The van der Waals surface area contributed by atoms with Crippen molar-refractivity contribution in [3.8, 4) is 0 Å². The van der Waals surface area contributed by atoms with Crippen LogP contribution in [0.1, 0.15) is 50.0 Å². The third kappa shape index (κ3) is 1.81. The summed E-state index contributed by atoms with van der Waals surface area (Å²) in [4.78, 5) is 1.45. The van der Waals surface area contributed by atoms with Gasteiger partial charge in [0.15, 0.2) is 0 Å². The molecule has 0 saturated carbocycles. The number of nitrogens with two attached hydrogens (primary N) is 1. The molecule has 0 amide bonds. The first kappa shape index (κ1) is 9.59. The standard InChI is InChI=1S/C10H17NS/c1-6(2)8-5-9(11)12-10(8)7(3)4/h5-7H,11H2,1-4H3. The molecular formula is C10H17NS. The van der Waals surface area contributed by atoms with Gasteiger partial charge in [-0.2, -0.15) is 0 Å². The molecule has 12 heavy (non-hydrogen) atoms. The Kier molecular flexibility index (Phi) is 2.78. The summed E-state index contributed by atoms with van der Waals surface area (Å²) in [5.74, 6) is 1.20. The summed E-state index contributed by atoms with van der Waals surface area (Å²) < 4.78 is 0. The van der Waals surface area contributed by atoms with Gasteiger partial charge in [-0.05, 0) is 23.5 Å². The number of hydrogen-bond acceptors (Lipinski definition) is 2. The van der Waals surface area contributed by atoms with Gasteiger partial charge < -0.3 is 5.73 Å². The van der Waals surface area contributed by atoms with Crippen molar-refractivity contribution in [1.82, 2.24) is 0 Å². The average Bonchev–Trinajstić information content (AvgIpc) is 2.31. The third-order valence-electron chi connectivity index (χ3n) is 1.96. The van der Waals surface area contributed by atoms with Gasteiger partial charge in [-0.3, -0.25) is 0 Å². The molecule has 2 heteroatoms. The van der Waals surface area contributed by atoms with Crippen LogP contribution in [-0.4, -0.2) is 0 Å². The van der Waals surface area contributed by atoms with Crippen LogP contribution < -0.4 is 5.73 Å². The molecule has 0 radical (unpaired) electrons. The second-order valence-corrected chi connectivity index (χ2v) is 4.89. The van der Waals surface area contributed by atoms with Gasteiger partial charge in [-0.1, -0.05) is 27.7 Å². The maximum absolute atomic E-state index is 5.77. The molecule has 0 spiro atoms. The Morgan fingerprint density at radius 3 is 2.08 bits per heavy atom. The molecule has 1 aromatic rings. The van der Waals surface area contributed by atoms with Gasteiger partial charge >= 0.3 is 0 Å². The first-order valence-electron chi connectivity index (χ1n) is 4.41. The smallest absolute Gasteiger partial charge is 0.0862 e. The zero-order chi connectivity index (χ0) is 9.30. The van der Waals surface area contributed by atoms with Crippen molar-refractivity contribution in [2.45, 2.75) is 39.5 Å². The SMILES string of the molecule is CC(C)c1cc(N)sc1C(C)C. The van der Waals surface area contributed by atoms with Crippen molar-refractivity contribution in [2.24, 2.45) is 0 Å². The van der Waals surface area contributed by atoms with Crippen LogP contribution in [-0.2, 0) is 0 Å². The minimum atomic E-state index is 0.593. The van der Waals surface area contributed by atoms with E-state index in [1.54, 1.807) is 11.3 Å². The van der Waals surface area contributed by atoms with Gasteiger partial charge in [0, 0.05) is 4.88 Å². The van der Waals surface area contributed by atoms with Crippen LogP contribution in [0.25, 0.3) is 0 Å². The Hall–Kier alpha value is -0.500. The van der Waals surface area contributed by atoms with Gasteiger partial charge in [-0.15, -0.1) is 11.3 Å². The summed E-state index contributed by atoms with van der Waals surface area (Å²) in [6.07, 6.45) is 0. The van der Waals surface area contributed by atoms with Crippen molar-refractivity contribution >= 4 is 16.3 Å². The fourth-order valence-corrected chi connectivity index (χ4v) is 2.43. The molecule has 0 aliphatic rings. The maximum Gasteiger partial charge on any atom is 0.0862 e. The summed E-state index contributed by atoms with van der Waals surface area (Å²) in [6, 6.07) is 2.12. The van der Waals surface area contributed by atoms with E-state index in [-0.39, 0.29) is 0 Å². The van der Waals surface area contributed by atoms with Crippen LogP contribution in [0.15, 0.2) is 6.07 Å². The molecule has 0 aliphatic carbocycles. The van der Waals surface area contributed by atoms with Crippen LogP contribution in [0, 0.1) is 0 Å². The Bertz CT molecular complexity index is 235. The van der Waals surface area contributed by atoms with E-state index in [0.29, 0.717) is 11.8 Å². The van der Waals surface area contributed by atoms with Crippen molar-refractivity contribution in [1.29, 1.82) is 0 Å². The van der Waals surface area contributed by atoms with Gasteiger partial charge in [0.05, 0.1) is 5.00 Å². The topological polar surface area (TPSA) is 26.0 Å². The fraction of sp³-hybridized carbons (Fsp3) is 0.600. The van der Waals surface area contributed by atoms with E-state index < -0.39 is 0 Å². The maximum atomic E-state index is 5.77. The summed E-state index contributed by atoms with van der Waals surface area (Å²) in [7, 11) is 0. The van der Waals surface area contributed by atoms with E-state index in [1.807, 2.05) is 0 Å². The predicted octanol–water partition coefficient (Wildman–Crippen LogP) is 3.58. The van der Waals surface area contributed by atoms with Gasteiger partial charge in [-0.25, -0.2) is 0 Å². The summed E-state index contributed by atoms with van der Waals surface area (Å²) in [5, 5.41) is 0.947. The van der Waals surface area contributed by atoms with Gasteiger partial charge in [0.25, 0.3) is 0 Å². The molecule has 2 N–H and O–H groups in total. The lowest BCUT2D eigenvalue weighted by Crippen LogP contribution is -1.92. The third-order valence-corrected chi connectivity index (χ3v) is 3.24. The molecule has 0 unspecified atom stereocenters. The number of hydrogen-bond donors (Lipinski definition) is 1. The normalized spacial score (nSPS) is 11.5. The lowest BCUT2D eigenvalue weighted by atomic mass is 9.99. The highest BCUT2D eigenvalue weighted by atomic mass is 32.1. The number of thiophene rings is 1. The van der Waals surface area contributed by atoms with Crippen LogP contribution in [0.2, 0.25) is 0 Å². The average molecular weight is 183 g/mol. The van der Waals surface area contributed by atoms with Crippen molar-refractivity contribution < 1.29 is 0 Å².